The lowest BCUT2D eigenvalue weighted by atomic mass is 10.5. The van der Waals surface area contributed by atoms with E-state index in [4.69, 9.17) is 0 Å². The molecular weight excluding hydrogens is 177 g/mol. The first-order valence-corrected chi connectivity index (χ1v) is 3.47. The van der Waals surface area contributed by atoms with Crippen molar-refractivity contribution in [3.63, 3.8) is 0 Å². The van der Waals surface area contributed by atoms with Crippen molar-refractivity contribution in [2.75, 3.05) is 0 Å². The van der Waals surface area contributed by atoms with Gasteiger partial charge in [0.05, 0.1) is 6.20 Å². The Hall–Kier alpha value is -1.98. The zero-order valence-electron chi connectivity index (χ0n) is 6.35. The third-order valence-electron chi connectivity index (χ3n) is 1.64. The molecule has 0 bridgehead atoms. The molecule has 0 spiro atoms. The van der Waals surface area contributed by atoms with Crippen LogP contribution in [0.3, 0.4) is 0 Å². The first kappa shape index (κ1) is 7.66. The number of hydrogen-bond acceptors (Lipinski definition) is 3. The molecule has 0 saturated heterocycles. The van der Waals surface area contributed by atoms with Crippen molar-refractivity contribution in [2.45, 2.75) is 0 Å². The Balaban J connectivity index is 2.86. The highest BCUT2D eigenvalue weighted by Gasteiger charge is 2.21. The molecule has 0 atom stereocenters. The second kappa shape index (κ2) is 2.51. The molecule has 13 heavy (non-hydrogen) atoms. The smallest absolute Gasteiger partial charge is 0.358 e. The fraction of sp³-hybridized carbons (Fsp3) is 0. The minimum atomic E-state index is -1.06. The topological polar surface area (TPSA) is 60.4 Å². The maximum atomic E-state index is 12.9. The molecule has 5 nitrogen and oxygen atoms in total. The van der Waals surface area contributed by atoms with Gasteiger partial charge in [-0.15, -0.1) is 0 Å². The summed E-state index contributed by atoms with van der Waals surface area (Å²) in [4.78, 5) is 13.0. The van der Waals surface area contributed by atoms with Crippen LogP contribution in [0.1, 0.15) is 0 Å². The quantitative estimate of drug-likeness (QED) is 0.493. The third-order valence-corrected chi connectivity index (χ3v) is 1.64. The van der Waals surface area contributed by atoms with Crippen LogP contribution in [0.4, 0.5) is 10.2 Å². The molecule has 66 valence electrons. The molecule has 2 heterocycles. The molecule has 0 radical (unpaired) electrons. The van der Waals surface area contributed by atoms with Gasteiger partial charge in [0.15, 0.2) is 0 Å². The molecule has 6 heteroatoms. The second-order valence-electron chi connectivity index (χ2n) is 2.41. The monoisotopic (exact) mass is 181 g/mol. The van der Waals surface area contributed by atoms with Crippen LogP contribution in [0, 0.1) is 16.1 Å². The Morgan fingerprint density at radius 1 is 1.54 bits per heavy atom. The average Bonchev–Trinajstić information content (AvgIpc) is 2.39. The molecule has 0 unspecified atom stereocenters. The van der Waals surface area contributed by atoms with Gasteiger partial charge in [-0.25, -0.2) is 0 Å². The number of nitrogens with zero attached hydrogens (tertiary/aromatic N) is 3. The zero-order valence-corrected chi connectivity index (χ0v) is 6.35. The van der Waals surface area contributed by atoms with Crippen molar-refractivity contribution in [3.05, 3.63) is 40.5 Å². The largest absolute Gasteiger partial charge is 0.385 e. The molecule has 0 aliphatic carbocycles. The van der Waals surface area contributed by atoms with E-state index >= 15 is 0 Å². The summed E-state index contributed by atoms with van der Waals surface area (Å²) in [6, 6.07) is 4.70. The number of aromatic nitrogens is 2. The summed E-state index contributed by atoms with van der Waals surface area (Å²) in [7, 11) is 0. The lowest BCUT2D eigenvalue weighted by Crippen LogP contribution is -1.95. The summed E-state index contributed by atoms with van der Waals surface area (Å²) in [5.41, 5.74) is 0.228. The molecule has 2 rings (SSSR count). The maximum absolute atomic E-state index is 12.9. The number of nitro groups is 1. The van der Waals surface area contributed by atoms with E-state index in [2.05, 4.69) is 4.98 Å². The molecule has 0 amide bonds. The highest BCUT2D eigenvalue weighted by Crippen LogP contribution is 2.17. The van der Waals surface area contributed by atoms with E-state index in [-0.39, 0.29) is 5.65 Å². The van der Waals surface area contributed by atoms with Crippen LogP contribution in [0.25, 0.3) is 5.65 Å². The Labute approximate surface area is 71.6 Å². The van der Waals surface area contributed by atoms with Gasteiger partial charge in [0.2, 0.25) is 5.65 Å². The standard InChI is InChI=1S/C7H4FN3O2/c8-6-7(11(12)13)10-4-2-1-3-5(10)9-6/h1-4H. The van der Waals surface area contributed by atoms with Gasteiger partial charge in [0, 0.05) is 6.07 Å². The summed E-state index contributed by atoms with van der Waals surface area (Å²) >= 11 is 0. The number of hydrogen-bond donors (Lipinski definition) is 0. The first-order chi connectivity index (χ1) is 6.20. The van der Waals surface area contributed by atoms with Gasteiger partial charge in [-0.05, 0) is 11.0 Å². The minimum Gasteiger partial charge on any atom is -0.358 e. The molecule has 0 aromatic carbocycles. The van der Waals surface area contributed by atoms with E-state index < -0.39 is 16.7 Å². The lowest BCUT2D eigenvalue weighted by molar-refractivity contribution is -0.393. The highest BCUT2D eigenvalue weighted by atomic mass is 19.1. The van der Waals surface area contributed by atoms with Gasteiger partial charge >= 0.3 is 11.8 Å². The van der Waals surface area contributed by atoms with Crippen LogP contribution in [-0.2, 0) is 0 Å². The van der Waals surface area contributed by atoms with Gasteiger partial charge in [0.1, 0.15) is 0 Å². The van der Waals surface area contributed by atoms with Crippen molar-refractivity contribution in [3.8, 4) is 0 Å². The molecule has 2 aromatic heterocycles. The predicted octanol–water partition coefficient (Wildman–Crippen LogP) is 1.38. The van der Waals surface area contributed by atoms with E-state index in [0.717, 1.165) is 4.40 Å². The van der Waals surface area contributed by atoms with Crippen molar-refractivity contribution in [1.82, 2.24) is 9.38 Å². The van der Waals surface area contributed by atoms with E-state index in [1.165, 1.54) is 12.3 Å². The van der Waals surface area contributed by atoms with Crippen LogP contribution in [0.5, 0.6) is 0 Å². The Bertz CT molecular complexity index is 480. The molecule has 0 saturated carbocycles. The van der Waals surface area contributed by atoms with Gasteiger partial charge in [-0.1, -0.05) is 6.07 Å². The Morgan fingerprint density at radius 2 is 2.31 bits per heavy atom. The molecule has 0 aliphatic rings. The van der Waals surface area contributed by atoms with E-state index in [9.17, 15) is 14.5 Å². The van der Waals surface area contributed by atoms with Gasteiger partial charge in [-0.3, -0.25) is 0 Å². The van der Waals surface area contributed by atoms with Gasteiger partial charge in [0.25, 0.3) is 0 Å². The minimum absolute atomic E-state index is 0.228. The number of pyridine rings is 1. The summed E-state index contributed by atoms with van der Waals surface area (Å²) < 4.78 is 14.0. The maximum Gasteiger partial charge on any atom is 0.385 e. The average molecular weight is 181 g/mol. The van der Waals surface area contributed by atoms with Crippen molar-refractivity contribution in [1.29, 1.82) is 0 Å². The summed E-state index contributed by atoms with van der Waals surface area (Å²) in [5.74, 6) is -1.69. The SMILES string of the molecule is O=[N+]([O-])c1c(F)nc2ccccn12. The Morgan fingerprint density at radius 3 is 3.00 bits per heavy atom. The normalized spacial score (nSPS) is 10.5. The number of rotatable bonds is 1. The van der Waals surface area contributed by atoms with Crippen LogP contribution in [0.15, 0.2) is 24.4 Å². The van der Waals surface area contributed by atoms with Crippen LogP contribution < -0.4 is 0 Å². The van der Waals surface area contributed by atoms with E-state index in [1.807, 2.05) is 0 Å². The number of fused-ring (bicyclic) bond motifs is 1. The molecule has 2 aromatic rings. The molecule has 0 N–H and O–H groups in total. The number of imidazole rings is 1. The third kappa shape index (κ3) is 1.03. The second-order valence-corrected chi connectivity index (χ2v) is 2.41. The van der Waals surface area contributed by atoms with Crippen molar-refractivity contribution >= 4 is 11.5 Å². The van der Waals surface area contributed by atoms with Crippen molar-refractivity contribution in [2.24, 2.45) is 0 Å². The first-order valence-electron chi connectivity index (χ1n) is 3.47. The fourth-order valence-corrected chi connectivity index (χ4v) is 1.12. The lowest BCUT2D eigenvalue weighted by Gasteiger charge is -1.90. The van der Waals surface area contributed by atoms with Gasteiger partial charge in [-0.2, -0.15) is 13.8 Å². The molecular formula is C7H4FN3O2. The fourth-order valence-electron chi connectivity index (χ4n) is 1.12. The Kier molecular flexibility index (Phi) is 1.48. The predicted molar refractivity (Wildman–Crippen MR) is 41.8 cm³/mol. The summed E-state index contributed by atoms with van der Waals surface area (Å²) in [6.07, 6.45) is 1.39. The molecule has 0 aliphatic heterocycles. The van der Waals surface area contributed by atoms with Crippen LogP contribution in [-0.4, -0.2) is 14.3 Å². The number of halogens is 1. The highest BCUT2D eigenvalue weighted by molar-refractivity contribution is 5.45. The summed E-state index contributed by atoms with van der Waals surface area (Å²) in [5, 5.41) is 10.4. The van der Waals surface area contributed by atoms with Crippen LogP contribution in [0.2, 0.25) is 0 Å². The molecule has 0 fully saturated rings. The van der Waals surface area contributed by atoms with Crippen molar-refractivity contribution < 1.29 is 9.31 Å². The zero-order chi connectivity index (χ0) is 9.42. The van der Waals surface area contributed by atoms with Gasteiger partial charge < -0.3 is 10.1 Å². The van der Waals surface area contributed by atoms with E-state index in [0.29, 0.717) is 0 Å². The summed E-state index contributed by atoms with van der Waals surface area (Å²) in [6.45, 7) is 0. The van der Waals surface area contributed by atoms with Crippen LogP contribution >= 0.6 is 0 Å². The van der Waals surface area contributed by atoms with E-state index in [1.54, 1.807) is 12.1 Å².